The Morgan fingerprint density at radius 1 is 1.17 bits per heavy atom. The number of piperidine rings is 1. The molecule has 0 unspecified atom stereocenters. The first-order valence-corrected chi connectivity index (χ1v) is 10.6. The summed E-state index contributed by atoms with van der Waals surface area (Å²) < 4.78 is 8.32. The van der Waals surface area contributed by atoms with Crippen LogP contribution in [-0.4, -0.2) is 62.9 Å². The molecule has 0 amide bonds. The van der Waals surface area contributed by atoms with E-state index >= 15 is 0 Å². The van der Waals surface area contributed by atoms with Crippen molar-refractivity contribution in [3.05, 3.63) is 30.9 Å². The van der Waals surface area contributed by atoms with Crippen LogP contribution in [0.25, 0.3) is 11.0 Å². The van der Waals surface area contributed by atoms with Crippen LogP contribution in [0.1, 0.15) is 32.7 Å². The molecule has 158 valence electrons. The number of nitrogens with zero attached hydrogens (tertiary/aromatic N) is 6. The van der Waals surface area contributed by atoms with Crippen LogP contribution in [0, 0.1) is 0 Å². The van der Waals surface area contributed by atoms with E-state index in [1.54, 1.807) is 12.4 Å². The first-order chi connectivity index (χ1) is 14.6. The van der Waals surface area contributed by atoms with Gasteiger partial charge in [-0.3, -0.25) is 0 Å². The van der Waals surface area contributed by atoms with Crippen molar-refractivity contribution in [2.75, 3.05) is 43.0 Å². The van der Waals surface area contributed by atoms with Crippen LogP contribution in [0.3, 0.4) is 0 Å². The third-order valence-electron chi connectivity index (χ3n) is 5.96. The zero-order chi connectivity index (χ0) is 20.6. The van der Waals surface area contributed by atoms with Gasteiger partial charge in [0, 0.05) is 24.8 Å². The average Bonchev–Trinajstić information content (AvgIpc) is 3.18. The number of hydrogen-bond acceptors (Lipinski definition) is 8. The second-order valence-electron chi connectivity index (χ2n) is 8.37. The molecule has 3 aromatic rings. The summed E-state index contributed by atoms with van der Waals surface area (Å²) in [5.41, 5.74) is 1.86. The lowest BCUT2D eigenvalue weighted by Gasteiger charge is -2.45. The summed E-state index contributed by atoms with van der Waals surface area (Å²) in [4.78, 5) is 20.5. The highest BCUT2D eigenvalue weighted by molar-refractivity contribution is 5.78. The molecule has 5 heterocycles. The number of aromatic nitrogens is 5. The fourth-order valence-corrected chi connectivity index (χ4v) is 4.31. The lowest BCUT2D eigenvalue weighted by molar-refractivity contribution is -0.0742. The fraction of sp³-hybridized carbons (Fsp3) is 0.524. The summed E-state index contributed by atoms with van der Waals surface area (Å²) in [5, 5.41) is 6.75. The minimum Gasteiger partial charge on any atom is -0.371 e. The number of imidazole rings is 1. The minimum atomic E-state index is -0.0852. The van der Waals surface area contributed by atoms with E-state index in [-0.39, 0.29) is 5.60 Å². The second kappa shape index (κ2) is 7.81. The normalized spacial score (nSPS) is 19.0. The predicted molar refractivity (Wildman–Crippen MR) is 116 cm³/mol. The Balaban J connectivity index is 1.36. The van der Waals surface area contributed by atoms with E-state index in [1.165, 1.54) is 0 Å². The first kappa shape index (κ1) is 19.2. The largest absolute Gasteiger partial charge is 0.371 e. The molecule has 9 heteroatoms. The molecule has 0 radical (unpaired) electrons. The average molecular weight is 409 g/mol. The molecule has 0 aromatic carbocycles. The molecule has 9 nitrogen and oxygen atoms in total. The van der Waals surface area contributed by atoms with Crippen molar-refractivity contribution < 1.29 is 4.74 Å². The van der Waals surface area contributed by atoms with Crippen LogP contribution in [0.5, 0.6) is 0 Å². The van der Waals surface area contributed by atoms with Gasteiger partial charge in [0.25, 0.3) is 0 Å². The molecular weight excluding hydrogens is 380 g/mol. The van der Waals surface area contributed by atoms with Crippen LogP contribution in [0.2, 0.25) is 0 Å². The van der Waals surface area contributed by atoms with E-state index < -0.39 is 0 Å². The molecule has 5 rings (SSSR count). The van der Waals surface area contributed by atoms with Crippen molar-refractivity contribution in [1.29, 1.82) is 0 Å². The highest BCUT2D eigenvalue weighted by Crippen LogP contribution is 2.29. The van der Waals surface area contributed by atoms with Gasteiger partial charge in [-0.2, -0.15) is 4.98 Å². The van der Waals surface area contributed by atoms with Gasteiger partial charge in [0.1, 0.15) is 17.2 Å². The summed E-state index contributed by atoms with van der Waals surface area (Å²) in [6, 6.07) is 4.22. The molecule has 3 aromatic heterocycles. The molecule has 0 atom stereocenters. The van der Waals surface area contributed by atoms with Gasteiger partial charge in [-0.1, -0.05) is 0 Å². The smallest absolute Gasteiger partial charge is 0.227 e. The van der Waals surface area contributed by atoms with Crippen molar-refractivity contribution in [1.82, 2.24) is 29.8 Å². The summed E-state index contributed by atoms with van der Waals surface area (Å²) in [7, 11) is 0. The summed E-state index contributed by atoms with van der Waals surface area (Å²) in [5.74, 6) is 2.20. The molecule has 2 aliphatic rings. The number of rotatable bonds is 4. The number of anilines is 3. The van der Waals surface area contributed by atoms with Gasteiger partial charge in [-0.25, -0.2) is 15.0 Å². The van der Waals surface area contributed by atoms with Crippen molar-refractivity contribution >= 4 is 28.6 Å². The molecule has 0 saturated carbocycles. The van der Waals surface area contributed by atoms with Crippen molar-refractivity contribution in [2.45, 2.75) is 38.3 Å². The molecule has 2 aliphatic heterocycles. The maximum atomic E-state index is 6.18. The Bertz CT molecular complexity index is 1020. The van der Waals surface area contributed by atoms with E-state index in [1.807, 2.05) is 18.5 Å². The standard InChI is InChI=1S/C21H28N8O/c1-15(2)29-14-25-16-12-24-19(11-17(16)29)26-18-3-6-23-20(27-18)28-9-10-30-21(13-28)4-7-22-8-5-21/h3,6,11-12,14-15,22H,4-5,7-10,13H2,1-2H3,(H,23,24,26,27). The van der Waals surface area contributed by atoms with E-state index in [4.69, 9.17) is 9.72 Å². The van der Waals surface area contributed by atoms with Crippen LogP contribution in [0.4, 0.5) is 17.6 Å². The van der Waals surface area contributed by atoms with E-state index in [9.17, 15) is 0 Å². The lowest BCUT2D eigenvalue weighted by atomic mass is 9.90. The number of nitrogens with one attached hydrogen (secondary N) is 2. The highest BCUT2D eigenvalue weighted by atomic mass is 16.5. The number of hydrogen-bond donors (Lipinski definition) is 2. The molecule has 2 saturated heterocycles. The van der Waals surface area contributed by atoms with Crippen molar-refractivity contribution in [3.8, 4) is 0 Å². The van der Waals surface area contributed by atoms with Crippen LogP contribution in [0.15, 0.2) is 30.9 Å². The molecule has 2 N–H and O–H groups in total. The summed E-state index contributed by atoms with van der Waals surface area (Å²) >= 11 is 0. The fourth-order valence-electron chi connectivity index (χ4n) is 4.31. The van der Waals surface area contributed by atoms with Gasteiger partial charge in [0.2, 0.25) is 5.95 Å². The van der Waals surface area contributed by atoms with Crippen LogP contribution in [-0.2, 0) is 4.74 Å². The predicted octanol–water partition coefficient (Wildman–Crippen LogP) is 2.50. The van der Waals surface area contributed by atoms with Gasteiger partial charge in [0.05, 0.1) is 36.8 Å². The topological polar surface area (TPSA) is 93.0 Å². The number of morpholine rings is 1. The molecule has 30 heavy (non-hydrogen) atoms. The molecule has 0 aliphatic carbocycles. The number of fused-ring (bicyclic) bond motifs is 1. The summed E-state index contributed by atoms with van der Waals surface area (Å²) in [6.45, 7) is 8.62. The SMILES string of the molecule is CC(C)n1cnc2cnc(Nc3ccnc(N4CCOC5(CCNCC5)C4)n3)cc21. The van der Waals surface area contributed by atoms with Crippen molar-refractivity contribution in [3.63, 3.8) is 0 Å². The molecule has 1 spiro atoms. The second-order valence-corrected chi connectivity index (χ2v) is 8.37. The Hall–Kier alpha value is -2.78. The zero-order valence-electron chi connectivity index (χ0n) is 17.5. The maximum Gasteiger partial charge on any atom is 0.227 e. The zero-order valence-corrected chi connectivity index (χ0v) is 17.5. The van der Waals surface area contributed by atoms with Gasteiger partial charge in [-0.05, 0) is 45.8 Å². The molecule has 0 bridgehead atoms. The van der Waals surface area contributed by atoms with E-state index in [2.05, 4.69) is 48.9 Å². The van der Waals surface area contributed by atoms with E-state index in [0.29, 0.717) is 12.6 Å². The lowest BCUT2D eigenvalue weighted by Crippen LogP contribution is -2.56. The Labute approximate surface area is 175 Å². The van der Waals surface area contributed by atoms with E-state index in [0.717, 1.165) is 67.6 Å². The minimum absolute atomic E-state index is 0.0852. The Kier molecular flexibility index (Phi) is 5.00. The number of ether oxygens (including phenoxy) is 1. The Morgan fingerprint density at radius 2 is 2.03 bits per heavy atom. The number of pyridine rings is 1. The third-order valence-corrected chi connectivity index (χ3v) is 5.96. The van der Waals surface area contributed by atoms with Gasteiger partial charge in [-0.15, -0.1) is 0 Å². The van der Waals surface area contributed by atoms with Crippen LogP contribution < -0.4 is 15.5 Å². The maximum absolute atomic E-state index is 6.18. The molecular formula is C21H28N8O. The quantitative estimate of drug-likeness (QED) is 0.680. The van der Waals surface area contributed by atoms with Gasteiger partial charge < -0.3 is 24.8 Å². The Morgan fingerprint density at radius 3 is 2.87 bits per heavy atom. The first-order valence-electron chi connectivity index (χ1n) is 10.6. The molecule has 2 fully saturated rings. The van der Waals surface area contributed by atoms with Gasteiger partial charge in [0.15, 0.2) is 0 Å². The third kappa shape index (κ3) is 3.70. The van der Waals surface area contributed by atoms with Gasteiger partial charge >= 0.3 is 0 Å². The summed E-state index contributed by atoms with van der Waals surface area (Å²) in [6.07, 6.45) is 7.50. The monoisotopic (exact) mass is 408 g/mol. The van der Waals surface area contributed by atoms with Crippen molar-refractivity contribution in [2.24, 2.45) is 0 Å². The van der Waals surface area contributed by atoms with Crippen LogP contribution >= 0.6 is 0 Å². The highest BCUT2D eigenvalue weighted by Gasteiger charge is 2.38.